The third-order valence-corrected chi connectivity index (χ3v) is 3.94. The van der Waals surface area contributed by atoms with Crippen molar-refractivity contribution in [3.63, 3.8) is 0 Å². The summed E-state index contributed by atoms with van der Waals surface area (Å²) >= 11 is 1.40. The lowest BCUT2D eigenvalue weighted by Crippen LogP contribution is -2.22. The molecular formula is C16H11F2N3OS. The van der Waals surface area contributed by atoms with E-state index in [2.05, 4.69) is 15.3 Å². The van der Waals surface area contributed by atoms with Crippen molar-refractivity contribution in [1.82, 2.24) is 15.3 Å². The van der Waals surface area contributed by atoms with Gasteiger partial charge >= 0.3 is 0 Å². The van der Waals surface area contributed by atoms with Gasteiger partial charge in [0.15, 0.2) is 11.6 Å². The van der Waals surface area contributed by atoms with E-state index >= 15 is 0 Å². The number of nitrogens with one attached hydrogen (secondary N) is 1. The van der Waals surface area contributed by atoms with Gasteiger partial charge < -0.3 is 5.32 Å². The number of pyridine rings is 1. The third-order valence-electron chi connectivity index (χ3n) is 3.09. The monoisotopic (exact) mass is 331 g/mol. The van der Waals surface area contributed by atoms with Gasteiger partial charge in [-0.25, -0.2) is 13.8 Å². The molecule has 7 heteroatoms. The van der Waals surface area contributed by atoms with Gasteiger partial charge in [0.2, 0.25) is 0 Å². The number of halogens is 2. The minimum atomic E-state index is -1.05. The molecular weight excluding hydrogens is 320 g/mol. The first kappa shape index (κ1) is 15.2. The Morgan fingerprint density at radius 1 is 1.22 bits per heavy atom. The molecule has 0 bridgehead atoms. The Balaban J connectivity index is 1.65. The second kappa shape index (κ2) is 6.62. The molecule has 0 aliphatic carbocycles. The molecule has 0 saturated heterocycles. The summed E-state index contributed by atoms with van der Waals surface area (Å²) in [6, 6.07) is 6.74. The molecule has 2 aromatic heterocycles. The summed E-state index contributed by atoms with van der Waals surface area (Å²) in [7, 11) is 0. The molecule has 0 radical (unpaired) electrons. The van der Waals surface area contributed by atoms with Crippen molar-refractivity contribution < 1.29 is 13.6 Å². The zero-order chi connectivity index (χ0) is 16.2. The van der Waals surface area contributed by atoms with E-state index in [1.54, 1.807) is 12.4 Å². The number of carbonyl (C=O) groups is 1. The number of amides is 1. The lowest BCUT2D eigenvalue weighted by molar-refractivity contribution is 0.0950. The number of aromatic nitrogens is 2. The van der Waals surface area contributed by atoms with Crippen LogP contribution < -0.4 is 5.32 Å². The summed E-state index contributed by atoms with van der Waals surface area (Å²) < 4.78 is 26.0. The fourth-order valence-corrected chi connectivity index (χ4v) is 2.68. The van der Waals surface area contributed by atoms with Gasteiger partial charge in [-0.15, -0.1) is 11.3 Å². The van der Waals surface area contributed by atoms with E-state index in [1.807, 2.05) is 17.5 Å². The maximum absolute atomic E-state index is 13.1. The third kappa shape index (κ3) is 3.57. The van der Waals surface area contributed by atoms with Crippen molar-refractivity contribution in [2.24, 2.45) is 0 Å². The summed E-state index contributed by atoms with van der Waals surface area (Å²) in [6.45, 7) is 0.211. The maximum Gasteiger partial charge on any atom is 0.251 e. The second-order valence-electron chi connectivity index (χ2n) is 4.68. The molecule has 0 fully saturated rings. The summed E-state index contributed by atoms with van der Waals surface area (Å²) in [5.41, 5.74) is 1.73. The number of hydrogen-bond donors (Lipinski definition) is 1. The van der Waals surface area contributed by atoms with Gasteiger partial charge in [-0.1, -0.05) is 0 Å². The van der Waals surface area contributed by atoms with Gasteiger partial charge in [-0.05, 0) is 30.3 Å². The molecule has 1 aromatic carbocycles. The molecule has 4 nitrogen and oxygen atoms in total. The van der Waals surface area contributed by atoms with Gasteiger partial charge in [0, 0.05) is 28.9 Å². The number of benzene rings is 1. The number of hydrogen-bond acceptors (Lipinski definition) is 4. The fraction of sp³-hybridized carbons (Fsp3) is 0.0625. The molecule has 0 atom stereocenters. The quantitative estimate of drug-likeness (QED) is 0.797. The Bertz CT molecular complexity index is 836. The molecule has 0 aliphatic heterocycles. The number of carbonyl (C=O) groups excluding carboxylic acids is 1. The van der Waals surface area contributed by atoms with Crippen molar-refractivity contribution >= 4 is 17.2 Å². The smallest absolute Gasteiger partial charge is 0.251 e. The van der Waals surface area contributed by atoms with Crippen LogP contribution in [-0.2, 0) is 6.54 Å². The zero-order valence-electron chi connectivity index (χ0n) is 11.8. The molecule has 0 saturated carbocycles. The van der Waals surface area contributed by atoms with Crippen LogP contribution in [0.4, 0.5) is 8.78 Å². The first-order valence-electron chi connectivity index (χ1n) is 6.71. The van der Waals surface area contributed by atoms with Crippen LogP contribution in [0.15, 0.2) is 48.1 Å². The molecule has 23 heavy (non-hydrogen) atoms. The number of thiazole rings is 1. The topological polar surface area (TPSA) is 54.9 Å². The largest absolute Gasteiger partial charge is 0.346 e. The molecule has 0 aliphatic rings. The Morgan fingerprint density at radius 2 is 2.09 bits per heavy atom. The Hall–Kier alpha value is -2.67. The first-order chi connectivity index (χ1) is 11.1. The lowest BCUT2D eigenvalue weighted by Gasteiger charge is -2.03. The summed E-state index contributed by atoms with van der Waals surface area (Å²) in [5.74, 6) is -2.52. The SMILES string of the molecule is O=C(NCc1nc(-c2cccnc2)cs1)c1ccc(F)c(F)c1. The van der Waals surface area contributed by atoms with Crippen LogP contribution in [0.5, 0.6) is 0 Å². The highest BCUT2D eigenvalue weighted by atomic mass is 32.1. The molecule has 116 valence electrons. The summed E-state index contributed by atoms with van der Waals surface area (Å²) in [5, 5.41) is 5.21. The number of nitrogens with zero attached hydrogens (tertiary/aromatic N) is 2. The van der Waals surface area contributed by atoms with Crippen LogP contribution >= 0.6 is 11.3 Å². The Kier molecular flexibility index (Phi) is 4.38. The molecule has 0 unspecified atom stereocenters. The van der Waals surface area contributed by atoms with Crippen molar-refractivity contribution in [2.75, 3.05) is 0 Å². The normalized spacial score (nSPS) is 10.5. The standard InChI is InChI=1S/C16H11F2N3OS/c17-12-4-3-10(6-13(12)18)16(22)20-8-15-21-14(9-23-15)11-2-1-5-19-7-11/h1-7,9H,8H2,(H,20,22). The van der Waals surface area contributed by atoms with Crippen molar-refractivity contribution in [2.45, 2.75) is 6.54 Å². The summed E-state index contributed by atoms with van der Waals surface area (Å²) in [4.78, 5) is 20.4. The minimum Gasteiger partial charge on any atom is -0.346 e. The van der Waals surface area contributed by atoms with Gasteiger partial charge in [0.05, 0.1) is 12.2 Å². The zero-order valence-corrected chi connectivity index (χ0v) is 12.6. The van der Waals surface area contributed by atoms with E-state index in [9.17, 15) is 13.6 Å². The van der Waals surface area contributed by atoms with Gasteiger partial charge in [0.1, 0.15) is 5.01 Å². The average Bonchev–Trinajstić information content (AvgIpc) is 3.05. The maximum atomic E-state index is 13.1. The highest BCUT2D eigenvalue weighted by Gasteiger charge is 2.11. The molecule has 2 heterocycles. The van der Waals surface area contributed by atoms with E-state index < -0.39 is 17.5 Å². The van der Waals surface area contributed by atoms with E-state index in [1.165, 1.54) is 17.4 Å². The Labute approximate surface area is 134 Å². The van der Waals surface area contributed by atoms with Crippen molar-refractivity contribution in [3.05, 3.63) is 70.3 Å². The van der Waals surface area contributed by atoms with Gasteiger partial charge in [0.25, 0.3) is 5.91 Å². The molecule has 1 amide bonds. The van der Waals surface area contributed by atoms with E-state index in [0.29, 0.717) is 5.01 Å². The lowest BCUT2D eigenvalue weighted by atomic mass is 10.2. The Morgan fingerprint density at radius 3 is 2.83 bits per heavy atom. The van der Waals surface area contributed by atoms with Crippen LogP contribution in [0.3, 0.4) is 0 Å². The van der Waals surface area contributed by atoms with Crippen LogP contribution in [0.2, 0.25) is 0 Å². The highest BCUT2D eigenvalue weighted by molar-refractivity contribution is 7.09. The summed E-state index contributed by atoms with van der Waals surface area (Å²) in [6.07, 6.45) is 3.39. The number of rotatable bonds is 4. The van der Waals surface area contributed by atoms with Crippen LogP contribution in [0.25, 0.3) is 11.3 Å². The van der Waals surface area contributed by atoms with E-state index in [0.717, 1.165) is 23.4 Å². The van der Waals surface area contributed by atoms with Crippen LogP contribution in [-0.4, -0.2) is 15.9 Å². The molecule has 3 rings (SSSR count). The van der Waals surface area contributed by atoms with E-state index in [4.69, 9.17) is 0 Å². The minimum absolute atomic E-state index is 0.0629. The van der Waals surface area contributed by atoms with Crippen LogP contribution in [0.1, 0.15) is 15.4 Å². The fourth-order valence-electron chi connectivity index (χ4n) is 1.93. The van der Waals surface area contributed by atoms with Crippen LogP contribution in [0, 0.1) is 11.6 Å². The molecule has 3 aromatic rings. The molecule has 1 N–H and O–H groups in total. The van der Waals surface area contributed by atoms with Gasteiger partial charge in [-0.3, -0.25) is 9.78 Å². The van der Waals surface area contributed by atoms with Crippen molar-refractivity contribution in [3.8, 4) is 11.3 Å². The first-order valence-corrected chi connectivity index (χ1v) is 7.59. The van der Waals surface area contributed by atoms with Gasteiger partial charge in [-0.2, -0.15) is 0 Å². The predicted octanol–water partition coefficient (Wildman–Crippen LogP) is 3.41. The van der Waals surface area contributed by atoms with Crippen molar-refractivity contribution in [1.29, 1.82) is 0 Å². The van der Waals surface area contributed by atoms with E-state index in [-0.39, 0.29) is 12.1 Å². The second-order valence-corrected chi connectivity index (χ2v) is 5.62. The predicted molar refractivity (Wildman–Crippen MR) is 82.9 cm³/mol. The average molecular weight is 331 g/mol. The highest BCUT2D eigenvalue weighted by Crippen LogP contribution is 2.20. The molecule has 0 spiro atoms.